The van der Waals surface area contributed by atoms with Crippen molar-refractivity contribution in [1.82, 2.24) is 5.32 Å². The van der Waals surface area contributed by atoms with E-state index < -0.39 is 13.4 Å². The van der Waals surface area contributed by atoms with E-state index in [2.05, 4.69) is 5.32 Å². The molecule has 0 bridgehead atoms. The second kappa shape index (κ2) is 7.70. The standard InChI is InChI=1S/C17H22NO3P/c1-2-9-16(22(19,20)21)18-17(14-10-5-3-6-11-14)15-12-7-4-8-13-15/h3-8,10-13,16-18H,2,9H2,1H3,(H2,19,20,21). The van der Waals surface area contributed by atoms with E-state index in [-0.39, 0.29) is 6.04 Å². The van der Waals surface area contributed by atoms with E-state index in [1.807, 2.05) is 67.6 Å². The third-order valence-corrected chi connectivity index (χ3v) is 4.81. The monoisotopic (exact) mass is 319 g/mol. The van der Waals surface area contributed by atoms with E-state index in [9.17, 15) is 14.4 Å². The normalized spacial score (nSPS) is 13.3. The van der Waals surface area contributed by atoms with Crippen molar-refractivity contribution in [3.63, 3.8) is 0 Å². The summed E-state index contributed by atoms with van der Waals surface area (Å²) in [6.07, 6.45) is 1.14. The van der Waals surface area contributed by atoms with Gasteiger partial charge < -0.3 is 9.79 Å². The summed E-state index contributed by atoms with van der Waals surface area (Å²) < 4.78 is 11.8. The van der Waals surface area contributed by atoms with E-state index in [0.29, 0.717) is 12.8 Å². The summed E-state index contributed by atoms with van der Waals surface area (Å²) in [6, 6.07) is 19.2. The molecule has 5 heteroatoms. The van der Waals surface area contributed by atoms with E-state index in [4.69, 9.17) is 0 Å². The molecule has 0 spiro atoms. The van der Waals surface area contributed by atoms with Crippen LogP contribution < -0.4 is 5.32 Å². The molecule has 3 N–H and O–H groups in total. The third-order valence-electron chi connectivity index (χ3n) is 3.59. The minimum atomic E-state index is -4.20. The molecular formula is C17H22NO3P. The average Bonchev–Trinajstić information content (AvgIpc) is 2.52. The molecule has 2 aromatic carbocycles. The zero-order chi connectivity index (χ0) is 16.0. The van der Waals surface area contributed by atoms with Crippen LogP contribution in [-0.2, 0) is 4.57 Å². The second-order valence-corrected chi connectivity index (χ2v) is 7.12. The Morgan fingerprint density at radius 3 is 1.77 bits per heavy atom. The molecule has 0 amide bonds. The van der Waals surface area contributed by atoms with Crippen molar-refractivity contribution in [2.75, 3.05) is 0 Å². The minimum Gasteiger partial charge on any atom is -0.323 e. The van der Waals surface area contributed by atoms with Crippen molar-refractivity contribution in [2.45, 2.75) is 31.6 Å². The summed E-state index contributed by atoms with van der Waals surface area (Å²) in [5, 5.41) is 3.16. The zero-order valence-electron chi connectivity index (χ0n) is 12.6. The highest BCUT2D eigenvalue weighted by molar-refractivity contribution is 7.52. The second-order valence-electron chi connectivity index (χ2n) is 5.31. The molecule has 2 aromatic rings. The number of hydrogen-bond acceptors (Lipinski definition) is 2. The molecule has 0 heterocycles. The van der Waals surface area contributed by atoms with Crippen LogP contribution in [0.5, 0.6) is 0 Å². The van der Waals surface area contributed by atoms with Crippen LogP contribution in [0.4, 0.5) is 0 Å². The maximum atomic E-state index is 11.8. The average molecular weight is 319 g/mol. The van der Waals surface area contributed by atoms with Crippen LogP contribution in [0.15, 0.2) is 60.7 Å². The Balaban J connectivity index is 2.35. The van der Waals surface area contributed by atoms with Crippen molar-refractivity contribution >= 4 is 7.60 Å². The first-order chi connectivity index (χ1) is 10.5. The first-order valence-corrected chi connectivity index (χ1v) is 9.11. The van der Waals surface area contributed by atoms with Crippen molar-refractivity contribution in [2.24, 2.45) is 0 Å². The van der Waals surface area contributed by atoms with Gasteiger partial charge in [-0.1, -0.05) is 74.0 Å². The van der Waals surface area contributed by atoms with Gasteiger partial charge in [0, 0.05) is 0 Å². The fraction of sp³-hybridized carbons (Fsp3) is 0.294. The number of rotatable bonds is 7. The van der Waals surface area contributed by atoms with Crippen LogP contribution in [0.25, 0.3) is 0 Å². The van der Waals surface area contributed by atoms with Gasteiger partial charge in [0.1, 0.15) is 5.78 Å². The summed E-state index contributed by atoms with van der Waals surface area (Å²) >= 11 is 0. The lowest BCUT2D eigenvalue weighted by atomic mass is 9.98. The highest BCUT2D eigenvalue weighted by Gasteiger charge is 2.30. The molecule has 0 saturated carbocycles. The fourth-order valence-electron chi connectivity index (χ4n) is 2.49. The van der Waals surface area contributed by atoms with Gasteiger partial charge in [-0.2, -0.15) is 0 Å². The Morgan fingerprint density at radius 1 is 0.955 bits per heavy atom. The Labute approximate surface area is 131 Å². The van der Waals surface area contributed by atoms with Gasteiger partial charge in [0.15, 0.2) is 0 Å². The van der Waals surface area contributed by atoms with Gasteiger partial charge in [-0.15, -0.1) is 0 Å². The maximum absolute atomic E-state index is 11.8. The molecular weight excluding hydrogens is 297 g/mol. The zero-order valence-corrected chi connectivity index (χ0v) is 13.5. The number of benzene rings is 2. The van der Waals surface area contributed by atoms with Gasteiger partial charge in [-0.25, -0.2) is 0 Å². The summed E-state index contributed by atoms with van der Waals surface area (Å²) in [5.74, 6) is -0.845. The molecule has 0 saturated heterocycles. The summed E-state index contributed by atoms with van der Waals surface area (Å²) in [7, 11) is -4.20. The van der Waals surface area contributed by atoms with Crippen LogP contribution in [-0.4, -0.2) is 15.6 Å². The van der Waals surface area contributed by atoms with Crippen LogP contribution in [0.2, 0.25) is 0 Å². The molecule has 0 aliphatic heterocycles. The van der Waals surface area contributed by atoms with E-state index in [1.54, 1.807) is 0 Å². The van der Waals surface area contributed by atoms with Crippen LogP contribution in [0.1, 0.15) is 36.9 Å². The maximum Gasteiger partial charge on any atom is 0.342 e. The molecule has 1 atom stereocenters. The van der Waals surface area contributed by atoms with Gasteiger partial charge in [0.05, 0.1) is 6.04 Å². The molecule has 4 nitrogen and oxygen atoms in total. The smallest absolute Gasteiger partial charge is 0.323 e. The van der Waals surface area contributed by atoms with Gasteiger partial charge in [-0.05, 0) is 17.5 Å². The topological polar surface area (TPSA) is 69.6 Å². The molecule has 0 aliphatic carbocycles. The molecule has 1 unspecified atom stereocenters. The molecule has 118 valence electrons. The van der Waals surface area contributed by atoms with Crippen LogP contribution >= 0.6 is 7.60 Å². The van der Waals surface area contributed by atoms with Gasteiger partial charge in [0.2, 0.25) is 0 Å². The summed E-state index contributed by atoms with van der Waals surface area (Å²) in [5.41, 5.74) is 1.98. The number of hydrogen-bond donors (Lipinski definition) is 3. The highest BCUT2D eigenvalue weighted by atomic mass is 31.2. The first-order valence-electron chi connectivity index (χ1n) is 7.43. The quantitative estimate of drug-likeness (QED) is 0.681. The van der Waals surface area contributed by atoms with Gasteiger partial charge in [0.25, 0.3) is 0 Å². The van der Waals surface area contributed by atoms with Crippen molar-refractivity contribution < 1.29 is 14.4 Å². The third kappa shape index (κ3) is 4.52. The lowest BCUT2D eigenvalue weighted by Crippen LogP contribution is -2.33. The fourth-order valence-corrected chi connectivity index (χ4v) is 3.43. The first kappa shape index (κ1) is 16.9. The van der Waals surface area contributed by atoms with Gasteiger partial charge >= 0.3 is 7.60 Å². The Kier molecular flexibility index (Phi) is 5.92. The largest absolute Gasteiger partial charge is 0.342 e. The molecule has 0 fully saturated rings. The lowest BCUT2D eigenvalue weighted by molar-refractivity contribution is 0.335. The van der Waals surface area contributed by atoms with Crippen molar-refractivity contribution in [1.29, 1.82) is 0 Å². The summed E-state index contributed by atoms with van der Waals surface area (Å²) in [4.78, 5) is 19.2. The van der Waals surface area contributed by atoms with Gasteiger partial charge in [-0.3, -0.25) is 9.88 Å². The predicted molar refractivity (Wildman–Crippen MR) is 88.6 cm³/mol. The Bertz CT molecular complexity index is 573. The lowest BCUT2D eigenvalue weighted by Gasteiger charge is -2.27. The number of nitrogens with one attached hydrogen (secondary N) is 1. The van der Waals surface area contributed by atoms with Crippen LogP contribution in [0, 0.1) is 0 Å². The molecule has 2 rings (SSSR count). The molecule has 0 aromatic heterocycles. The Hall–Kier alpha value is -1.45. The SMILES string of the molecule is CCCC(NC(c1ccccc1)c1ccccc1)P(=O)(O)O. The van der Waals surface area contributed by atoms with Crippen LogP contribution in [0.3, 0.4) is 0 Å². The predicted octanol–water partition coefficient (Wildman–Crippen LogP) is 3.67. The van der Waals surface area contributed by atoms with E-state index >= 15 is 0 Å². The van der Waals surface area contributed by atoms with Crippen molar-refractivity contribution in [3.8, 4) is 0 Å². The summed E-state index contributed by atoms with van der Waals surface area (Å²) in [6.45, 7) is 1.92. The minimum absolute atomic E-state index is 0.244. The Morgan fingerprint density at radius 2 is 1.41 bits per heavy atom. The highest BCUT2D eigenvalue weighted by Crippen LogP contribution is 2.43. The molecule has 0 radical (unpaired) electrons. The van der Waals surface area contributed by atoms with Crippen molar-refractivity contribution in [3.05, 3.63) is 71.8 Å². The van der Waals surface area contributed by atoms with E-state index in [1.165, 1.54) is 0 Å². The van der Waals surface area contributed by atoms with E-state index in [0.717, 1.165) is 11.1 Å². The molecule has 22 heavy (non-hydrogen) atoms. The molecule has 0 aliphatic rings.